The minimum absolute atomic E-state index is 0.0999. The number of methoxy groups -OCH3 is 2. The van der Waals surface area contributed by atoms with Crippen molar-refractivity contribution in [1.29, 1.82) is 0 Å². The van der Waals surface area contributed by atoms with E-state index in [9.17, 15) is 0 Å². The van der Waals surface area contributed by atoms with Crippen LogP contribution in [0, 0.1) is 0 Å². The van der Waals surface area contributed by atoms with Gasteiger partial charge >= 0.3 is 0 Å². The molecule has 4 rings (SSSR count). The Morgan fingerprint density at radius 2 is 1.68 bits per heavy atom. The fourth-order valence-corrected chi connectivity index (χ4v) is 4.03. The van der Waals surface area contributed by atoms with Crippen molar-refractivity contribution in [2.45, 2.75) is 12.6 Å². The Hall–Kier alpha value is -2.63. The Labute approximate surface area is 173 Å². The zero-order valence-corrected chi connectivity index (χ0v) is 17.0. The number of halogens is 2. The summed E-state index contributed by atoms with van der Waals surface area (Å²) in [7, 11) is 3.31. The van der Waals surface area contributed by atoms with Gasteiger partial charge in [-0.1, -0.05) is 41.4 Å². The molecule has 1 unspecified atom stereocenters. The van der Waals surface area contributed by atoms with Gasteiger partial charge in [-0.3, -0.25) is 4.98 Å². The lowest BCUT2D eigenvalue weighted by Crippen LogP contribution is -2.34. The smallest absolute Gasteiger partial charge is 0.144 e. The highest BCUT2D eigenvalue weighted by atomic mass is 35.5. The molecule has 144 valence electrons. The summed E-state index contributed by atoms with van der Waals surface area (Å²) in [5.41, 5.74) is 3.71. The summed E-state index contributed by atoms with van der Waals surface area (Å²) < 4.78 is 10.9. The Bertz CT molecular complexity index is 975. The van der Waals surface area contributed by atoms with Crippen LogP contribution in [0.4, 0.5) is 17.1 Å². The quantitative estimate of drug-likeness (QED) is 0.592. The number of rotatable bonds is 5. The lowest BCUT2D eigenvalue weighted by atomic mass is 10.1. The van der Waals surface area contributed by atoms with Crippen LogP contribution < -0.4 is 19.7 Å². The minimum Gasteiger partial charge on any atom is -0.497 e. The van der Waals surface area contributed by atoms with Crippen molar-refractivity contribution in [2.75, 3.05) is 24.4 Å². The Kier molecular flexibility index (Phi) is 5.20. The molecular formula is C21H19Cl2N3O2. The molecule has 1 aliphatic heterocycles. The van der Waals surface area contributed by atoms with E-state index in [1.807, 2.05) is 30.3 Å². The molecule has 1 atom stereocenters. The summed E-state index contributed by atoms with van der Waals surface area (Å²) in [6.45, 7) is 0. The van der Waals surface area contributed by atoms with E-state index in [1.165, 1.54) is 0 Å². The maximum Gasteiger partial charge on any atom is 0.144 e. The summed E-state index contributed by atoms with van der Waals surface area (Å²) >= 11 is 13.0. The highest BCUT2D eigenvalue weighted by Crippen LogP contribution is 2.50. The van der Waals surface area contributed by atoms with E-state index in [2.05, 4.69) is 27.3 Å². The van der Waals surface area contributed by atoms with Crippen LogP contribution >= 0.6 is 23.2 Å². The first-order valence-corrected chi connectivity index (χ1v) is 9.52. The van der Waals surface area contributed by atoms with Crippen LogP contribution in [0.15, 0.2) is 54.9 Å². The van der Waals surface area contributed by atoms with Crippen LogP contribution in [0.25, 0.3) is 0 Å². The van der Waals surface area contributed by atoms with Gasteiger partial charge in [0.05, 0.1) is 35.6 Å². The fraction of sp³-hybridized carbons (Fsp3) is 0.190. The van der Waals surface area contributed by atoms with Crippen LogP contribution in [0.1, 0.15) is 5.56 Å². The lowest BCUT2D eigenvalue weighted by Gasteiger charge is -2.29. The van der Waals surface area contributed by atoms with Gasteiger partial charge in [-0.25, -0.2) is 0 Å². The van der Waals surface area contributed by atoms with Crippen LogP contribution in [0.3, 0.4) is 0 Å². The van der Waals surface area contributed by atoms with Gasteiger partial charge < -0.3 is 19.7 Å². The number of pyridine rings is 1. The van der Waals surface area contributed by atoms with Gasteiger partial charge in [0.2, 0.25) is 0 Å². The van der Waals surface area contributed by atoms with Crippen molar-refractivity contribution < 1.29 is 9.47 Å². The first-order chi connectivity index (χ1) is 13.6. The van der Waals surface area contributed by atoms with Crippen molar-refractivity contribution in [2.24, 2.45) is 0 Å². The Morgan fingerprint density at radius 3 is 2.32 bits per heavy atom. The normalized spacial score (nSPS) is 15.1. The third-order valence-electron chi connectivity index (χ3n) is 4.75. The number of aromatic nitrogens is 1. The van der Waals surface area contributed by atoms with Gasteiger partial charge in [-0.15, -0.1) is 0 Å². The van der Waals surface area contributed by atoms with Gasteiger partial charge in [0.15, 0.2) is 0 Å². The second-order valence-electron chi connectivity index (χ2n) is 6.39. The zero-order chi connectivity index (χ0) is 19.7. The van der Waals surface area contributed by atoms with Gasteiger partial charge in [0.25, 0.3) is 0 Å². The van der Waals surface area contributed by atoms with Gasteiger partial charge in [-0.2, -0.15) is 0 Å². The molecule has 5 nitrogen and oxygen atoms in total. The van der Waals surface area contributed by atoms with E-state index in [0.717, 1.165) is 34.9 Å². The Balaban J connectivity index is 1.79. The summed E-state index contributed by atoms with van der Waals surface area (Å²) in [5.74, 6) is 1.57. The van der Waals surface area contributed by atoms with Crippen molar-refractivity contribution in [3.8, 4) is 11.5 Å². The third-order valence-corrected chi connectivity index (χ3v) is 5.30. The molecule has 0 bridgehead atoms. The van der Waals surface area contributed by atoms with Crippen molar-refractivity contribution in [1.82, 2.24) is 4.98 Å². The predicted octanol–water partition coefficient (Wildman–Crippen LogP) is 5.54. The predicted molar refractivity (Wildman–Crippen MR) is 113 cm³/mol. The number of nitrogens with zero attached hydrogens (tertiary/aromatic N) is 2. The first-order valence-electron chi connectivity index (χ1n) is 8.77. The van der Waals surface area contributed by atoms with E-state index in [-0.39, 0.29) is 6.17 Å². The number of benzene rings is 2. The van der Waals surface area contributed by atoms with E-state index in [1.54, 1.807) is 26.6 Å². The molecule has 7 heteroatoms. The largest absolute Gasteiger partial charge is 0.497 e. The molecule has 0 saturated carbocycles. The summed E-state index contributed by atoms with van der Waals surface area (Å²) in [4.78, 5) is 6.17. The average molecular weight is 416 g/mol. The van der Waals surface area contributed by atoms with Crippen LogP contribution in [-0.4, -0.2) is 25.4 Å². The van der Waals surface area contributed by atoms with Crippen molar-refractivity contribution in [3.63, 3.8) is 0 Å². The first kappa shape index (κ1) is 18.7. The number of fused-ring (bicyclic) bond motifs is 1. The second-order valence-corrected chi connectivity index (χ2v) is 7.20. The van der Waals surface area contributed by atoms with Gasteiger partial charge in [0, 0.05) is 18.8 Å². The maximum absolute atomic E-state index is 6.51. The highest BCUT2D eigenvalue weighted by Gasteiger charge is 2.35. The molecule has 1 aromatic heterocycles. The number of nitrogens with one attached hydrogen (secondary N) is 1. The fourth-order valence-electron chi connectivity index (χ4n) is 3.48. The van der Waals surface area contributed by atoms with Crippen molar-refractivity contribution >= 4 is 40.3 Å². The number of hydrogen-bond acceptors (Lipinski definition) is 5. The molecule has 0 saturated heterocycles. The maximum atomic E-state index is 6.51. The molecule has 2 aromatic carbocycles. The monoisotopic (exact) mass is 415 g/mol. The lowest BCUT2D eigenvalue weighted by molar-refractivity contribution is 0.414. The van der Waals surface area contributed by atoms with E-state index < -0.39 is 0 Å². The molecule has 1 N–H and O–H groups in total. The number of ether oxygens (including phenoxy) is 2. The molecule has 0 spiro atoms. The molecule has 0 fully saturated rings. The molecule has 28 heavy (non-hydrogen) atoms. The molecular weight excluding hydrogens is 397 g/mol. The van der Waals surface area contributed by atoms with E-state index in [4.69, 9.17) is 32.7 Å². The molecule has 0 radical (unpaired) electrons. The SMILES string of the molecule is COc1ccc(CC2Nc3cccc(OC)c3N2c2c(Cl)cncc2Cl)cc1. The Morgan fingerprint density at radius 1 is 0.964 bits per heavy atom. The van der Waals surface area contributed by atoms with Gasteiger partial charge in [-0.05, 0) is 29.8 Å². The van der Waals surface area contributed by atoms with Gasteiger partial charge in [0.1, 0.15) is 23.4 Å². The van der Waals surface area contributed by atoms with Crippen LogP contribution in [-0.2, 0) is 6.42 Å². The molecule has 2 heterocycles. The average Bonchev–Trinajstić information content (AvgIpc) is 3.06. The zero-order valence-electron chi connectivity index (χ0n) is 15.4. The van der Waals surface area contributed by atoms with E-state index in [0.29, 0.717) is 15.7 Å². The van der Waals surface area contributed by atoms with E-state index >= 15 is 0 Å². The summed E-state index contributed by atoms with van der Waals surface area (Å²) in [6, 6.07) is 13.9. The third kappa shape index (κ3) is 3.32. The standard InChI is InChI=1S/C21H19Cl2N3O2/c1-27-14-8-6-13(7-9-14)10-19-25-17-4-3-5-18(28-2)21(17)26(19)20-15(22)11-24-12-16(20)23/h3-9,11-12,19,25H,10H2,1-2H3. The van der Waals surface area contributed by atoms with Crippen LogP contribution in [0.5, 0.6) is 11.5 Å². The molecule has 0 amide bonds. The topological polar surface area (TPSA) is 46.6 Å². The molecule has 0 aliphatic carbocycles. The van der Waals surface area contributed by atoms with Crippen molar-refractivity contribution in [3.05, 3.63) is 70.5 Å². The minimum atomic E-state index is -0.0999. The summed E-state index contributed by atoms with van der Waals surface area (Å²) in [6.07, 6.45) is 3.81. The number of hydrogen-bond donors (Lipinski definition) is 1. The number of para-hydroxylation sites is 1. The number of anilines is 3. The second kappa shape index (κ2) is 7.78. The highest BCUT2D eigenvalue weighted by molar-refractivity contribution is 6.39. The van der Waals surface area contributed by atoms with Crippen LogP contribution in [0.2, 0.25) is 10.0 Å². The molecule has 3 aromatic rings. The molecule has 1 aliphatic rings. The summed E-state index contributed by atoms with van der Waals surface area (Å²) in [5, 5.41) is 4.53.